The molecule has 1 aliphatic rings. The number of anilines is 1. The molecule has 3 nitrogen and oxygen atoms in total. The number of thiol groups is 1. The maximum absolute atomic E-state index is 12.6. The Bertz CT molecular complexity index is 523. The van der Waals surface area contributed by atoms with Crippen molar-refractivity contribution < 1.29 is 9.59 Å². The SMILES string of the molecule is C[C@@H]1C[C@H](C(=O)Nc2ccccc2)[C@@]1(C=O)SCCCCCS. The van der Waals surface area contributed by atoms with Gasteiger partial charge in [-0.15, -0.1) is 11.8 Å². The van der Waals surface area contributed by atoms with Gasteiger partial charge in [-0.25, -0.2) is 0 Å². The monoisotopic (exact) mass is 351 g/mol. The third kappa shape index (κ3) is 4.32. The van der Waals surface area contributed by atoms with Gasteiger partial charge in [0, 0.05) is 5.69 Å². The Morgan fingerprint density at radius 2 is 2.09 bits per heavy atom. The Morgan fingerprint density at radius 3 is 2.70 bits per heavy atom. The molecular formula is C18H25NO2S2. The van der Waals surface area contributed by atoms with E-state index in [2.05, 4.69) is 24.9 Å². The van der Waals surface area contributed by atoms with Crippen LogP contribution in [-0.4, -0.2) is 28.4 Å². The fourth-order valence-electron chi connectivity index (χ4n) is 3.08. The molecule has 0 radical (unpaired) electrons. The van der Waals surface area contributed by atoms with Crippen molar-refractivity contribution >= 4 is 42.3 Å². The van der Waals surface area contributed by atoms with E-state index in [9.17, 15) is 9.59 Å². The van der Waals surface area contributed by atoms with Crippen molar-refractivity contribution in [2.75, 3.05) is 16.8 Å². The number of carbonyl (C=O) groups is 2. The number of aldehydes is 1. The van der Waals surface area contributed by atoms with Gasteiger partial charge in [-0.2, -0.15) is 12.6 Å². The summed E-state index contributed by atoms with van der Waals surface area (Å²) < 4.78 is -0.556. The Hall–Kier alpha value is -0.940. The summed E-state index contributed by atoms with van der Waals surface area (Å²) in [6, 6.07) is 9.43. The van der Waals surface area contributed by atoms with Crippen molar-refractivity contribution in [2.24, 2.45) is 11.8 Å². The van der Waals surface area contributed by atoms with E-state index in [1.54, 1.807) is 11.8 Å². The van der Waals surface area contributed by atoms with Crippen LogP contribution in [0.1, 0.15) is 32.6 Å². The van der Waals surface area contributed by atoms with Crippen LogP contribution in [0.2, 0.25) is 0 Å². The molecule has 1 fully saturated rings. The number of para-hydroxylation sites is 1. The maximum atomic E-state index is 12.6. The number of carbonyl (C=O) groups excluding carboxylic acids is 2. The second-order valence-electron chi connectivity index (χ2n) is 6.15. The molecule has 0 aliphatic heterocycles. The number of thioether (sulfide) groups is 1. The van der Waals surface area contributed by atoms with E-state index < -0.39 is 4.75 Å². The molecule has 126 valence electrons. The summed E-state index contributed by atoms with van der Waals surface area (Å²) in [5.74, 6) is 1.81. The number of hydrogen-bond acceptors (Lipinski definition) is 4. The van der Waals surface area contributed by atoms with Gasteiger partial charge < -0.3 is 10.1 Å². The first-order valence-corrected chi connectivity index (χ1v) is 9.83. The molecular weight excluding hydrogens is 326 g/mol. The van der Waals surface area contributed by atoms with Crippen LogP contribution < -0.4 is 5.32 Å². The smallest absolute Gasteiger partial charge is 0.229 e. The second kappa shape index (κ2) is 8.78. The predicted octanol–water partition coefficient (Wildman–Crippen LogP) is 4.05. The summed E-state index contributed by atoms with van der Waals surface area (Å²) in [6.07, 6.45) is 5.09. The molecule has 3 atom stereocenters. The zero-order valence-electron chi connectivity index (χ0n) is 13.5. The van der Waals surface area contributed by atoms with Crippen LogP contribution in [0.4, 0.5) is 5.69 Å². The average Bonchev–Trinajstić information content (AvgIpc) is 2.56. The molecule has 0 unspecified atom stereocenters. The summed E-state index contributed by atoms with van der Waals surface area (Å²) in [5, 5.41) is 2.94. The fourth-order valence-corrected chi connectivity index (χ4v) is 4.86. The van der Waals surface area contributed by atoms with Crippen molar-refractivity contribution in [2.45, 2.75) is 37.4 Å². The number of benzene rings is 1. The van der Waals surface area contributed by atoms with Gasteiger partial charge >= 0.3 is 0 Å². The van der Waals surface area contributed by atoms with Crippen LogP contribution in [0.5, 0.6) is 0 Å². The molecule has 1 aromatic carbocycles. The van der Waals surface area contributed by atoms with Crippen LogP contribution in [0, 0.1) is 11.8 Å². The Labute approximate surface area is 148 Å². The summed E-state index contributed by atoms with van der Waals surface area (Å²) >= 11 is 5.88. The maximum Gasteiger partial charge on any atom is 0.229 e. The molecule has 0 aromatic heterocycles. The van der Waals surface area contributed by atoms with Crippen molar-refractivity contribution in [1.29, 1.82) is 0 Å². The van der Waals surface area contributed by atoms with Crippen molar-refractivity contribution in [3.63, 3.8) is 0 Å². The number of unbranched alkanes of at least 4 members (excludes halogenated alkanes) is 2. The van der Waals surface area contributed by atoms with Crippen LogP contribution in [0.15, 0.2) is 30.3 Å². The van der Waals surface area contributed by atoms with E-state index in [1.807, 2.05) is 30.3 Å². The molecule has 23 heavy (non-hydrogen) atoms. The Morgan fingerprint density at radius 1 is 1.35 bits per heavy atom. The van der Waals surface area contributed by atoms with E-state index in [1.165, 1.54) is 0 Å². The lowest BCUT2D eigenvalue weighted by Crippen LogP contribution is -2.58. The van der Waals surface area contributed by atoms with Crippen molar-refractivity contribution in [1.82, 2.24) is 0 Å². The number of rotatable bonds is 9. The van der Waals surface area contributed by atoms with Gasteiger partial charge in [0.05, 0.1) is 10.7 Å². The minimum Gasteiger partial charge on any atom is -0.326 e. The van der Waals surface area contributed by atoms with Gasteiger partial charge in [0.15, 0.2) is 0 Å². The number of amides is 1. The summed E-state index contributed by atoms with van der Waals surface area (Å²) in [7, 11) is 0. The molecule has 0 bridgehead atoms. The van der Waals surface area contributed by atoms with Gasteiger partial charge in [0.25, 0.3) is 0 Å². The first-order chi connectivity index (χ1) is 11.1. The first kappa shape index (κ1) is 18.4. The van der Waals surface area contributed by atoms with E-state index in [4.69, 9.17) is 0 Å². The highest BCUT2D eigenvalue weighted by atomic mass is 32.2. The highest BCUT2D eigenvalue weighted by Crippen LogP contribution is 2.52. The normalized spacial score (nSPS) is 26.3. The molecule has 0 spiro atoms. The van der Waals surface area contributed by atoms with E-state index in [-0.39, 0.29) is 17.7 Å². The van der Waals surface area contributed by atoms with Gasteiger partial charge in [-0.1, -0.05) is 31.5 Å². The molecule has 5 heteroatoms. The molecule has 0 heterocycles. The molecule has 0 saturated heterocycles. The largest absolute Gasteiger partial charge is 0.326 e. The second-order valence-corrected chi connectivity index (χ2v) is 8.00. The molecule has 1 N–H and O–H groups in total. The average molecular weight is 352 g/mol. The zero-order valence-corrected chi connectivity index (χ0v) is 15.2. The van der Waals surface area contributed by atoms with Gasteiger partial charge in [0.1, 0.15) is 6.29 Å². The van der Waals surface area contributed by atoms with Gasteiger partial charge in [-0.3, -0.25) is 4.79 Å². The fraction of sp³-hybridized carbons (Fsp3) is 0.556. The van der Waals surface area contributed by atoms with E-state index in [0.717, 1.165) is 49.2 Å². The minimum absolute atomic E-state index is 0.0377. The molecule has 1 amide bonds. The number of hydrogen-bond donors (Lipinski definition) is 2. The third-order valence-corrected chi connectivity index (χ3v) is 6.69. The molecule has 1 aliphatic carbocycles. The summed E-state index contributed by atoms with van der Waals surface area (Å²) in [6.45, 7) is 2.07. The quantitative estimate of drug-likeness (QED) is 0.401. The highest BCUT2D eigenvalue weighted by molar-refractivity contribution is 8.01. The van der Waals surface area contributed by atoms with E-state index >= 15 is 0 Å². The molecule has 1 aromatic rings. The number of nitrogens with one attached hydrogen (secondary N) is 1. The summed E-state index contributed by atoms with van der Waals surface area (Å²) in [5.41, 5.74) is 0.788. The highest BCUT2D eigenvalue weighted by Gasteiger charge is 2.56. The van der Waals surface area contributed by atoms with Crippen LogP contribution in [0.25, 0.3) is 0 Å². The lowest BCUT2D eigenvalue weighted by Gasteiger charge is -2.49. The molecule has 1 saturated carbocycles. The standard InChI is InChI=1S/C18H25NO2S2/c1-14-12-16(17(21)19-15-8-4-2-5-9-15)18(14,13-20)23-11-7-3-6-10-22/h2,4-5,8-9,13-14,16,22H,3,6-7,10-12H2,1H3,(H,19,21)/t14-,16-,18+/m1/s1. The first-order valence-electron chi connectivity index (χ1n) is 8.21. The zero-order chi connectivity index (χ0) is 16.7. The third-order valence-electron chi connectivity index (χ3n) is 4.60. The van der Waals surface area contributed by atoms with E-state index in [0.29, 0.717) is 0 Å². The van der Waals surface area contributed by atoms with Crippen LogP contribution in [0.3, 0.4) is 0 Å². The van der Waals surface area contributed by atoms with Crippen LogP contribution >= 0.6 is 24.4 Å². The lowest BCUT2D eigenvalue weighted by atomic mass is 9.65. The van der Waals surface area contributed by atoms with Crippen molar-refractivity contribution in [3.8, 4) is 0 Å². The predicted molar refractivity (Wildman–Crippen MR) is 101 cm³/mol. The molecule has 2 rings (SSSR count). The minimum atomic E-state index is -0.556. The Kier molecular flexibility index (Phi) is 7.03. The van der Waals surface area contributed by atoms with Crippen molar-refractivity contribution in [3.05, 3.63) is 30.3 Å². The lowest BCUT2D eigenvalue weighted by molar-refractivity contribution is -0.131. The van der Waals surface area contributed by atoms with Gasteiger partial charge in [0.2, 0.25) is 5.91 Å². The van der Waals surface area contributed by atoms with Crippen LogP contribution in [-0.2, 0) is 9.59 Å². The van der Waals surface area contributed by atoms with Gasteiger partial charge in [-0.05, 0) is 48.8 Å². The topological polar surface area (TPSA) is 46.2 Å². The Balaban J connectivity index is 1.94. The summed E-state index contributed by atoms with van der Waals surface area (Å²) in [4.78, 5) is 24.4.